The van der Waals surface area contributed by atoms with Crippen molar-refractivity contribution >= 4 is 11.9 Å². The van der Waals surface area contributed by atoms with E-state index in [1.54, 1.807) is 4.90 Å². The minimum absolute atomic E-state index is 0.00837. The summed E-state index contributed by atoms with van der Waals surface area (Å²) in [6.07, 6.45) is 8.50. The Labute approximate surface area is 116 Å². The van der Waals surface area contributed by atoms with Crippen molar-refractivity contribution in [2.24, 2.45) is 5.92 Å². The smallest absolute Gasteiger partial charge is 0.323 e. The molecule has 1 atom stereocenters. The fourth-order valence-corrected chi connectivity index (χ4v) is 2.75. The first-order chi connectivity index (χ1) is 9.06. The summed E-state index contributed by atoms with van der Waals surface area (Å²) in [7, 11) is 0. The van der Waals surface area contributed by atoms with Crippen molar-refractivity contribution in [3.8, 4) is 0 Å². The maximum atomic E-state index is 12.6. The molecule has 0 saturated heterocycles. The number of hydrogen-bond donors (Lipinski definition) is 1. The van der Waals surface area contributed by atoms with E-state index in [-0.39, 0.29) is 24.4 Å². The third kappa shape index (κ3) is 5.21. The Kier molecular flexibility index (Phi) is 6.89. The van der Waals surface area contributed by atoms with E-state index in [4.69, 9.17) is 5.11 Å². The van der Waals surface area contributed by atoms with Gasteiger partial charge in [0.15, 0.2) is 0 Å². The van der Waals surface area contributed by atoms with Crippen molar-refractivity contribution in [2.45, 2.75) is 71.3 Å². The van der Waals surface area contributed by atoms with Gasteiger partial charge in [0.2, 0.25) is 5.91 Å². The number of carboxylic acid groups (broad SMARTS) is 1. The van der Waals surface area contributed by atoms with Crippen LogP contribution in [0.5, 0.6) is 0 Å². The van der Waals surface area contributed by atoms with Gasteiger partial charge in [0, 0.05) is 12.0 Å². The quantitative estimate of drug-likeness (QED) is 0.834. The van der Waals surface area contributed by atoms with Gasteiger partial charge in [0.05, 0.1) is 0 Å². The van der Waals surface area contributed by atoms with Gasteiger partial charge in [-0.05, 0) is 26.2 Å². The molecular weight excluding hydrogens is 242 g/mol. The van der Waals surface area contributed by atoms with Crippen LogP contribution in [0.25, 0.3) is 0 Å². The topological polar surface area (TPSA) is 57.6 Å². The number of hydrogen-bond acceptors (Lipinski definition) is 2. The lowest BCUT2D eigenvalue weighted by atomic mass is 9.89. The Morgan fingerprint density at radius 3 is 2.16 bits per heavy atom. The van der Waals surface area contributed by atoms with E-state index in [1.807, 2.05) is 13.8 Å². The number of carboxylic acids is 1. The van der Waals surface area contributed by atoms with Crippen molar-refractivity contribution in [3.63, 3.8) is 0 Å². The summed E-state index contributed by atoms with van der Waals surface area (Å²) in [5, 5.41) is 8.98. The summed E-state index contributed by atoms with van der Waals surface area (Å²) in [5.41, 5.74) is 0. The van der Waals surface area contributed by atoms with E-state index in [0.717, 1.165) is 32.1 Å². The maximum absolute atomic E-state index is 12.6. The van der Waals surface area contributed by atoms with E-state index in [0.29, 0.717) is 0 Å². The number of amides is 1. The molecule has 0 aromatic rings. The number of aliphatic carboxylic acids is 1. The summed E-state index contributed by atoms with van der Waals surface area (Å²) in [6.45, 7) is 3.76. The molecule has 1 N–H and O–H groups in total. The number of carbonyl (C=O) groups excluding carboxylic acids is 1. The molecule has 1 amide bonds. The normalized spacial score (nSPS) is 19.3. The molecule has 19 heavy (non-hydrogen) atoms. The fourth-order valence-electron chi connectivity index (χ4n) is 2.75. The van der Waals surface area contributed by atoms with Gasteiger partial charge in [-0.15, -0.1) is 0 Å². The minimum atomic E-state index is -0.917. The highest BCUT2D eigenvalue weighted by atomic mass is 16.4. The first-order valence-electron chi connectivity index (χ1n) is 7.58. The monoisotopic (exact) mass is 269 g/mol. The van der Waals surface area contributed by atoms with Gasteiger partial charge < -0.3 is 10.0 Å². The van der Waals surface area contributed by atoms with Crippen LogP contribution in [0.4, 0.5) is 0 Å². The van der Waals surface area contributed by atoms with Crippen molar-refractivity contribution in [1.82, 2.24) is 4.90 Å². The van der Waals surface area contributed by atoms with E-state index in [2.05, 4.69) is 0 Å². The molecule has 1 fully saturated rings. The second kappa shape index (κ2) is 8.18. The third-order valence-corrected chi connectivity index (χ3v) is 4.17. The second-order valence-corrected chi connectivity index (χ2v) is 5.66. The van der Waals surface area contributed by atoms with Crippen LogP contribution in [0, 0.1) is 5.92 Å². The highest BCUT2D eigenvalue weighted by Crippen LogP contribution is 2.25. The standard InChI is InChI=1S/C15H27NO3/c1-3-12(2)16(11-14(17)18)15(19)13-9-7-5-4-6-8-10-13/h12-13H,3-11H2,1-2H3,(H,17,18). The first kappa shape index (κ1) is 16.0. The molecule has 4 heteroatoms. The zero-order chi connectivity index (χ0) is 14.3. The summed E-state index contributed by atoms with van der Waals surface area (Å²) >= 11 is 0. The zero-order valence-electron chi connectivity index (χ0n) is 12.2. The molecule has 0 heterocycles. The van der Waals surface area contributed by atoms with Crippen LogP contribution >= 0.6 is 0 Å². The summed E-state index contributed by atoms with van der Waals surface area (Å²) in [4.78, 5) is 25.1. The van der Waals surface area contributed by atoms with Gasteiger partial charge in [-0.3, -0.25) is 9.59 Å². The lowest BCUT2D eigenvalue weighted by Crippen LogP contribution is -2.45. The largest absolute Gasteiger partial charge is 0.480 e. The Bertz CT molecular complexity index is 296. The number of carbonyl (C=O) groups is 2. The summed E-state index contributed by atoms with van der Waals surface area (Å²) in [6, 6.07) is 0.00837. The molecule has 0 aromatic heterocycles. The zero-order valence-corrected chi connectivity index (χ0v) is 12.2. The van der Waals surface area contributed by atoms with Crippen molar-refractivity contribution in [3.05, 3.63) is 0 Å². The Balaban J connectivity index is 2.69. The van der Waals surface area contributed by atoms with Crippen molar-refractivity contribution in [2.75, 3.05) is 6.54 Å². The van der Waals surface area contributed by atoms with Gasteiger partial charge in [-0.1, -0.05) is 39.0 Å². The molecule has 1 aliphatic rings. The van der Waals surface area contributed by atoms with Gasteiger partial charge in [-0.25, -0.2) is 0 Å². The summed E-state index contributed by atoms with van der Waals surface area (Å²) < 4.78 is 0. The number of rotatable bonds is 5. The van der Waals surface area contributed by atoms with Crippen LogP contribution in [-0.4, -0.2) is 34.5 Å². The third-order valence-electron chi connectivity index (χ3n) is 4.17. The van der Waals surface area contributed by atoms with Crippen LogP contribution in [0.2, 0.25) is 0 Å². The molecule has 0 bridgehead atoms. The van der Waals surface area contributed by atoms with Crippen LogP contribution in [0.15, 0.2) is 0 Å². The number of nitrogens with zero attached hydrogens (tertiary/aromatic N) is 1. The highest BCUT2D eigenvalue weighted by Gasteiger charge is 2.28. The van der Waals surface area contributed by atoms with Crippen molar-refractivity contribution < 1.29 is 14.7 Å². The fraction of sp³-hybridized carbons (Fsp3) is 0.867. The van der Waals surface area contributed by atoms with Crippen LogP contribution < -0.4 is 0 Å². The molecular formula is C15H27NO3. The molecule has 1 saturated carbocycles. The van der Waals surface area contributed by atoms with Crippen LogP contribution in [0.3, 0.4) is 0 Å². The molecule has 0 spiro atoms. The predicted octanol–water partition coefficient (Wildman–Crippen LogP) is 3.06. The van der Waals surface area contributed by atoms with Gasteiger partial charge in [0.25, 0.3) is 0 Å². The molecule has 1 rings (SSSR count). The average Bonchev–Trinajstić information content (AvgIpc) is 2.33. The first-order valence-corrected chi connectivity index (χ1v) is 7.58. The minimum Gasteiger partial charge on any atom is -0.480 e. The molecule has 110 valence electrons. The van der Waals surface area contributed by atoms with E-state index < -0.39 is 5.97 Å². The Hall–Kier alpha value is -1.06. The lowest BCUT2D eigenvalue weighted by Gasteiger charge is -2.31. The summed E-state index contributed by atoms with van der Waals surface area (Å²) in [5.74, 6) is -0.827. The average molecular weight is 269 g/mol. The van der Waals surface area contributed by atoms with Gasteiger partial charge >= 0.3 is 5.97 Å². The molecule has 0 radical (unpaired) electrons. The highest BCUT2D eigenvalue weighted by molar-refractivity contribution is 5.83. The van der Waals surface area contributed by atoms with Gasteiger partial charge in [-0.2, -0.15) is 0 Å². The molecule has 0 aromatic carbocycles. The van der Waals surface area contributed by atoms with E-state index in [9.17, 15) is 9.59 Å². The molecule has 4 nitrogen and oxygen atoms in total. The predicted molar refractivity (Wildman–Crippen MR) is 74.9 cm³/mol. The lowest BCUT2D eigenvalue weighted by molar-refractivity contribution is -0.148. The maximum Gasteiger partial charge on any atom is 0.323 e. The van der Waals surface area contributed by atoms with Crippen molar-refractivity contribution in [1.29, 1.82) is 0 Å². The molecule has 1 aliphatic carbocycles. The van der Waals surface area contributed by atoms with Crippen LogP contribution in [0.1, 0.15) is 65.2 Å². The Morgan fingerprint density at radius 2 is 1.68 bits per heavy atom. The van der Waals surface area contributed by atoms with E-state index in [1.165, 1.54) is 19.3 Å². The molecule has 1 unspecified atom stereocenters. The second-order valence-electron chi connectivity index (χ2n) is 5.66. The Morgan fingerprint density at radius 1 is 1.16 bits per heavy atom. The van der Waals surface area contributed by atoms with E-state index >= 15 is 0 Å². The SMILES string of the molecule is CCC(C)N(CC(=O)O)C(=O)C1CCCCCCC1. The van der Waals surface area contributed by atoms with Gasteiger partial charge in [0.1, 0.15) is 6.54 Å². The molecule has 0 aliphatic heterocycles. The van der Waals surface area contributed by atoms with Crippen LogP contribution in [-0.2, 0) is 9.59 Å².